The highest BCUT2D eigenvalue weighted by Gasteiger charge is 2.44. The number of ether oxygens (including phenoxy) is 2. The fourth-order valence-corrected chi connectivity index (χ4v) is 4.03. The Bertz CT molecular complexity index is 977. The zero-order chi connectivity index (χ0) is 18.4. The highest BCUT2D eigenvalue weighted by Crippen LogP contribution is 2.47. The third-order valence-corrected chi connectivity index (χ3v) is 5.79. The third kappa shape index (κ3) is 3.14. The van der Waals surface area contributed by atoms with Crippen LogP contribution in [0.25, 0.3) is 0 Å². The predicted molar refractivity (Wildman–Crippen MR) is 96.4 cm³/mol. The minimum Gasteiger partial charge on any atom is -0.448 e. The van der Waals surface area contributed by atoms with Crippen LogP contribution in [0.5, 0.6) is 11.5 Å². The molecule has 2 aliphatic rings. The van der Waals surface area contributed by atoms with E-state index in [-0.39, 0.29) is 16.4 Å². The monoisotopic (exact) mass is 373 g/mol. The number of anilines is 1. The quantitative estimate of drug-likeness (QED) is 0.892. The molecule has 7 heteroatoms. The summed E-state index contributed by atoms with van der Waals surface area (Å²) in [5.41, 5.74) is 0.843. The topological polar surface area (TPSA) is 81.7 Å². The Morgan fingerprint density at radius 2 is 1.77 bits per heavy atom. The maximum Gasteiger partial charge on any atom is 0.255 e. The molecule has 0 atom stereocenters. The number of amides is 1. The molecule has 1 saturated carbocycles. The van der Waals surface area contributed by atoms with E-state index in [0.29, 0.717) is 17.2 Å². The highest BCUT2D eigenvalue weighted by molar-refractivity contribution is 7.90. The molecule has 2 aromatic carbocycles. The smallest absolute Gasteiger partial charge is 0.255 e. The van der Waals surface area contributed by atoms with E-state index in [4.69, 9.17) is 9.47 Å². The first kappa shape index (κ1) is 16.9. The zero-order valence-corrected chi connectivity index (χ0v) is 15.1. The van der Waals surface area contributed by atoms with E-state index < -0.39 is 15.6 Å². The number of hydrogen-bond acceptors (Lipinski definition) is 5. The normalized spacial score (nSPS) is 17.4. The molecule has 26 heavy (non-hydrogen) atoms. The Hall–Kier alpha value is -2.54. The number of hydrogen-bond donors (Lipinski definition) is 1. The van der Waals surface area contributed by atoms with Crippen molar-refractivity contribution in [1.82, 2.24) is 0 Å². The van der Waals surface area contributed by atoms with Gasteiger partial charge in [0.1, 0.15) is 0 Å². The van der Waals surface area contributed by atoms with Crippen molar-refractivity contribution in [2.24, 2.45) is 0 Å². The van der Waals surface area contributed by atoms with Crippen molar-refractivity contribution < 1.29 is 22.7 Å². The molecule has 0 radical (unpaired) electrons. The van der Waals surface area contributed by atoms with Crippen molar-refractivity contribution in [3.05, 3.63) is 48.0 Å². The summed E-state index contributed by atoms with van der Waals surface area (Å²) in [5, 5.41) is 2.78. The van der Waals surface area contributed by atoms with Crippen LogP contribution < -0.4 is 14.8 Å². The number of benzene rings is 2. The molecule has 1 spiro atoms. The fraction of sp³-hybridized carbons (Fsp3) is 0.316. The van der Waals surface area contributed by atoms with E-state index in [2.05, 4.69) is 5.32 Å². The lowest BCUT2D eigenvalue weighted by Gasteiger charge is -2.21. The van der Waals surface area contributed by atoms with Gasteiger partial charge in [0, 0.05) is 36.4 Å². The molecule has 1 amide bonds. The Balaban J connectivity index is 1.53. The molecule has 0 aromatic heterocycles. The van der Waals surface area contributed by atoms with Crippen LogP contribution in [0.2, 0.25) is 0 Å². The molecule has 1 aliphatic carbocycles. The molecule has 1 N–H and O–H groups in total. The summed E-state index contributed by atoms with van der Waals surface area (Å²) in [7, 11) is -3.37. The number of fused-ring (bicyclic) bond motifs is 1. The van der Waals surface area contributed by atoms with Crippen LogP contribution in [0.3, 0.4) is 0 Å². The molecule has 0 unspecified atom stereocenters. The number of rotatable bonds is 3. The van der Waals surface area contributed by atoms with Crippen molar-refractivity contribution in [1.29, 1.82) is 0 Å². The van der Waals surface area contributed by atoms with Gasteiger partial charge in [-0.2, -0.15) is 0 Å². The lowest BCUT2D eigenvalue weighted by Crippen LogP contribution is -2.34. The van der Waals surface area contributed by atoms with Gasteiger partial charge in [-0.05, 0) is 43.2 Å². The SMILES string of the molecule is CS(=O)(=O)c1cccc(C(=O)Nc2ccc3c(c2)OC2(CCCC2)O3)c1. The minimum atomic E-state index is -3.37. The van der Waals surface area contributed by atoms with Gasteiger partial charge in [-0.1, -0.05) is 6.07 Å². The molecule has 136 valence electrons. The lowest BCUT2D eigenvalue weighted by atomic mass is 10.2. The van der Waals surface area contributed by atoms with Gasteiger partial charge in [0.2, 0.25) is 0 Å². The third-order valence-electron chi connectivity index (χ3n) is 4.68. The van der Waals surface area contributed by atoms with Crippen LogP contribution in [0.4, 0.5) is 5.69 Å². The summed E-state index contributed by atoms with van der Waals surface area (Å²) >= 11 is 0. The van der Waals surface area contributed by atoms with Gasteiger partial charge in [0.25, 0.3) is 11.7 Å². The molecular weight excluding hydrogens is 354 g/mol. The summed E-state index contributed by atoms with van der Waals surface area (Å²) in [6.07, 6.45) is 4.99. The van der Waals surface area contributed by atoms with Gasteiger partial charge in [0.15, 0.2) is 21.3 Å². The van der Waals surface area contributed by atoms with E-state index in [1.54, 1.807) is 30.3 Å². The standard InChI is InChI=1S/C19H19NO5S/c1-26(22,23)15-6-4-5-13(11-15)18(21)20-14-7-8-16-17(12-14)25-19(24-16)9-2-3-10-19/h4-8,11-12H,2-3,9-10H2,1H3,(H,20,21). The van der Waals surface area contributed by atoms with Crippen molar-refractivity contribution in [2.45, 2.75) is 36.4 Å². The summed E-state index contributed by atoms with van der Waals surface area (Å²) in [6, 6.07) is 11.2. The van der Waals surface area contributed by atoms with Gasteiger partial charge in [-0.15, -0.1) is 0 Å². The van der Waals surface area contributed by atoms with Crippen molar-refractivity contribution >= 4 is 21.4 Å². The average Bonchev–Trinajstić information content (AvgIpc) is 3.20. The Labute approximate surface area is 152 Å². The Kier molecular flexibility index (Phi) is 3.91. The van der Waals surface area contributed by atoms with Crippen LogP contribution >= 0.6 is 0 Å². The molecule has 0 saturated heterocycles. The van der Waals surface area contributed by atoms with E-state index in [0.717, 1.165) is 31.9 Å². The second kappa shape index (κ2) is 6.02. The van der Waals surface area contributed by atoms with Crippen LogP contribution in [0, 0.1) is 0 Å². The summed E-state index contributed by atoms with van der Waals surface area (Å²) in [4.78, 5) is 12.6. The van der Waals surface area contributed by atoms with Gasteiger partial charge < -0.3 is 14.8 Å². The molecule has 0 bridgehead atoms. The average molecular weight is 373 g/mol. The first-order valence-electron chi connectivity index (χ1n) is 8.48. The second-order valence-electron chi connectivity index (χ2n) is 6.74. The molecule has 2 aromatic rings. The van der Waals surface area contributed by atoms with Crippen LogP contribution in [-0.4, -0.2) is 26.4 Å². The first-order valence-corrected chi connectivity index (χ1v) is 10.4. The van der Waals surface area contributed by atoms with Crippen molar-refractivity contribution in [2.75, 3.05) is 11.6 Å². The maximum absolute atomic E-state index is 12.5. The Morgan fingerprint density at radius 1 is 1.04 bits per heavy atom. The van der Waals surface area contributed by atoms with Gasteiger partial charge in [-0.3, -0.25) is 4.79 Å². The predicted octanol–water partition coefficient (Wildman–Crippen LogP) is 3.38. The molecule has 1 aliphatic heterocycles. The molecular formula is C19H19NO5S. The van der Waals surface area contributed by atoms with Gasteiger partial charge in [-0.25, -0.2) is 8.42 Å². The van der Waals surface area contributed by atoms with Gasteiger partial charge >= 0.3 is 0 Å². The van der Waals surface area contributed by atoms with Crippen molar-refractivity contribution in [3.63, 3.8) is 0 Å². The van der Waals surface area contributed by atoms with E-state index in [9.17, 15) is 13.2 Å². The largest absolute Gasteiger partial charge is 0.448 e. The molecule has 1 fully saturated rings. The van der Waals surface area contributed by atoms with E-state index in [1.165, 1.54) is 12.1 Å². The molecule has 4 rings (SSSR count). The number of sulfone groups is 1. The second-order valence-corrected chi connectivity index (χ2v) is 8.75. The molecule has 6 nitrogen and oxygen atoms in total. The van der Waals surface area contributed by atoms with Crippen molar-refractivity contribution in [3.8, 4) is 11.5 Å². The number of nitrogens with one attached hydrogen (secondary N) is 1. The summed E-state index contributed by atoms with van der Waals surface area (Å²) in [6.45, 7) is 0. The highest BCUT2D eigenvalue weighted by atomic mass is 32.2. The minimum absolute atomic E-state index is 0.110. The van der Waals surface area contributed by atoms with Crippen LogP contribution in [0.15, 0.2) is 47.4 Å². The Morgan fingerprint density at radius 3 is 2.50 bits per heavy atom. The molecule has 1 heterocycles. The summed E-state index contributed by atoms with van der Waals surface area (Å²) < 4.78 is 35.3. The van der Waals surface area contributed by atoms with E-state index >= 15 is 0 Å². The summed E-state index contributed by atoms with van der Waals surface area (Å²) in [5.74, 6) is 0.373. The lowest BCUT2D eigenvalue weighted by molar-refractivity contribution is -0.0716. The maximum atomic E-state index is 12.5. The zero-order valence-electron chi connectivity index (χ0n) is 14.3. The van der Waals surface area contributed by atoms with E-state index in [1.807, 2.05) is 0 Å². The fourth-order valence-electron chi connectivity index (χ4n) is 3.36. The number of carbonyl (C=O) groups excluding carboxylic acids is 1. The first-order chi connectivity index (χ1) is 12.3. The van der Waals surface area contributed by atoms with Gasteiger partial charge in [0.05, 0.1) is 4.90 Å². The van der Waals surface area contributed by atoms with Crippen LogP contribution in [0.1, 0.15) is 36.0 Å². The van der Waals surface area contributed by atoms with Crippen LogP contribution in [-0.2, 0) is 9.84 Å². The number of carbonyl (C=O) groups is 1.